The van der Waals surface area contributed by atoms with Crippen molar-refractivity contribution in [3.8, 4) is 0 Å². The van der Waals surface area contributed by atoms with Crippen LogP contribution in [-0.4, -0.2) is 121 Å². The van der Waals surface area contributed by atoms with Crippen molar-refractivity contribution < 1.29 is 32.3 Å². The third-order valence-electron chi connectivity index (χ3n) is 8.47. The minimum atomic E-state index is -4.07. The van der Waals surface area contributed by atoms with Gasteiger partial charge in [0.15, 0.2) is 5.01 Å². The molecule has 2 atom stereocenters. The molecule has 0 bridgehead atoms. The van der Waals surface area contributed by atoms with Gasteiger partial charge in [0, 0.05) is 79.5 Å². The molecule has 17 heteroatoms. The fourth-order valence-corrected chi connectivity index (χ4v) is 8.39. The molecule has 15 nitrogen and oxygen atoms in total. The first-order valence-corrected chi connectivity index (χ1v) is 17.2. The molecule has 46 heavy (non-hydrogen) atoms. The van der Waals surface area contributed by atoms with E-state index in [0.29, 0.717) is 54.3 Å². The molecular formula is C29H36N8O7S2. The molecule has 6 rings (SSSR count). The summed E-state index contributed by atoms with van der Waals surface area (Å²) in [5.74, 6) is -0.666. The van der Waals surface area contributed by atoms with Crippen molar-refractivity contribution in [2.45, 2.75) is 43.4 Å². The van der Waals surface area contributed by atoms with Gasteiger partial charge in [0.05, 0.1) is 32.1 Å². The summed E-state index contributed by atoms with van der Waals surface area (Å²) in [7, 11) is -2.87. The maximum Gasteiger partial charge on any atom is 0.412 e. The van der Waals surface area contributed by atoms with E-state index < -0.39 is 22.2 Å². The Hall–Kier alpha value is -3.90. The number of piperazine rings is 1. The van der Waals surface area contributed by atoms with Gasteiger partial charge >= 0.3 is 6.09 Å². The van der Waals surface area contributed by atoms with Gasteiger partial charge in [-0.05, 0) is 19.1 Å². The highest BCUT2D eigenvalue weighted by Gasteiger charge is 2.40. The summed E-state index contributed by atoms with van der Waals surface area (Å²) < 4.78 is 39.1. The van der Waals surface area contributed by atoms with E-state index in [-0.39, 0.29) is 54.8 Å². The third-order valence-corrected chi connectivity index (χ3v) is 11.3. The number of amides is 3. The van der Waals surface area contributed by atoms with E-state index in [9.17, 15) is 22.8 Å². The molecule has 4 N–H and O–H groups in total. The summed E-state index contributed by atoms with van der Waals surface area (Å²) in [6, 6.07) is 5.87. The number of H-pyrrole nitrogens is 1. The number of amidine groups is 1. The van der Waals surface area contributed by atoms with E-state index in [1.165, 1.54) is 28.8 Å². The Morgan fingerprint density at radius 1 is 1.17 bits per heavy atom. The van der Waals surface area contributed by atoms with Crippen LogP contribution in [0.4, 0.5) is 4.79 Å². The van der Waals surface area contributed by atoms with Crippen molar-refractivity contribution in [1.82, 2.24) is 34.7 Å². The Bertz CT molecular complexity index is 1780. The number of alkyl carbamates (subject to hydrolysis) is 1. The van der Waals surface area contributed by atoms with Crippen molar-refractivity contribution in [2.24, 2.45) is 0 Å². The van der Waals surface area contributed by atoms with Crippen LogP contribution in [0.25, 0.3) is 10.9 Å². The summed E-state index contributed by atoms with van der Waals surface area (Å²) in [4.78, 5) is 50.7. The van der Waals surface area contributed by atoms with Crippen LogP contribution in [-0.2, 0) is 37.3 Å². The van der Waals surface area contributed by atoms with E-state index in [1.807, 2.05) is 0 Å². The van der Waals surface area contributed by atoms with Crippen molar-refractivity contribution in [3.63, 3.8) is 0 Å². The summed E-state index contributed by atoms with van der Waals surface area (Å²) in [6.07, 6.45) is -0.105. The topological polar surface area (TPSA) is 190 Å². The summed E-state index contributed by atoms with van der Waals surface area (Å²) >= 11 is 1.34. The van der Waals surface area contributed by atoms with Crippen LogP contribution in [0.2, 0.25) is 0 Å². The molecule has 0 saturated carbocycles. The number of ether oxygens (including phenoxy) is 2. The lowest BCUT2D eigenvalue weighted by molar-refractivity contribution is -0.136. The average Bonchev–Trinajstić information content (AvgIpc) is 3.69. The van der Waals surface area contributed by atoms with Crippen LogP contribution in [0.5, 0.6) is 0 Å². The number of benzene rings is 1. The summed E-state index contributed by atoms with van der Waals surface area (Å²) in [5, 5.41) is 14.7. The Labute approximate surface area is 269 Å². The monoisotopic (exact) mass is 672 g/mol. The van der Waals surface area contributed by atoms with E-state index in [2.05, 4.69) is 32.3 Å². The van der Waals surface area contributed by atoms with Crippen LogP contribution in [0.3, 0.4) is 0 Å². The maximum absolute atomic E-state index is 13.9. The molecule has 2 aromatic heterocycles. The van der Waals surface area contributed by atoms with E-state index >= 15 is 0 Å². The number of methoxy groups -OCH3 is 1. The average molecular weight is 673 g/mol. The SMILES string of the molecule is COC(=O)NC(=N)c1ccc2cc(S(=O)(=O)N3CCN(C(=O)c4nc5c(s4)CNC(C)C5)C(CC(=O)N4CCOCC4)C3)[nH]c2c1. The number of sulfonamides is 1. The number of nitrogens with one attached hydrogen (secondary N) is 4. The fourth-order valence-electron chi connectivity index (χ4n) is 5.91. The van der Waals surface area contributed by atoms with Gasteiger partial charge in [0.2, 0.25) is 5.91 Å². The van der Waals surface area contributed by atoms with Crippen LogP contribution in [0, 0.1) is 5.41 Å². The molecule has 3 amide bonds. The number of aromatic nitrogens is 2. The molecule has 2 fully saturated rings. The van der Waals surface area contributed by atoms with Gasteiger partial charge in [0.25, 0.3) is 15.9 Å². The number of morpholine rings is 1. The molecule has 0 spiro atoms. The minimum Gasteiger partial charge on any atom is -0.453 e. The van der Waals surface area contributed by atoms with Gasteiger partial charge in [-0.1, -0.05) is 12.1 Å². The van der Waals surface area contributed by atoms with Crippen molar-refractivity contribution >= 4 is 56.0 Å². The van der Waals surface area contributed by atoms with Gasteiger partial charge in [0.1, 0.15) is 10.9 Å². The van der Waals surface area contributed by atoms with Crippen molar-refractivity contribution in [1.29, 1.82) is 5.41 Å². The highest BCUT2D eigenvalue weighted by atomic mass is 32.2. The molecule has 2 saturated heterocycles. The number of carbonyl (C=O) groups excluding carboxylic acids is 3. The fraction of sp³-hybridized carbons (Fsp3) is 0.483. The highest BCUT2D eigenvalue weighted by molar-refractivity contribution is 7.89. The van der Waals surface area contributed by atoms with E-state index in [1.54, 1.807) is 28.0 Å². The predicted octanol–water partition coefficient (Wildman–Crippen LogP) is 1.10. The summed E-state index contributed by atoms with van der Waals surface area (Å²) in [6.45, 7) is 4.51. The van der Waals surface area contributed by atoms with Crippen LogP contribution in [0.1, 0.15) is 39.3 Å². The molecule has 1 aromatic carbocycles. The molecule has 3 aliphatic heterocycles. The molecular weight excluding hydrogens is 637 g/mol. The third kappa shape index (κ3) is 6.50. The smallest absolute Gasteiger partial charge is 0.412 e. The van der Waals surface area contributed by atoms with Gasteiger partial charge in [-0.15, -0.1) is 11.3 Å². The number of nitrogens with zero attached hydrogens (tertiary/aromatic N) is 4. The quantitative estimate of drug-likeness (QED) is 0.220. The Morgan fingerprint density at radius 2 is 1.96 bits per heavy atom. The number of thiazole rings is 1. The molecule has 2 unspecified atom stereocenters. The van der Waals surface area contributed by atoms with Crippen molar-refractivity contribution in [2.75, 3.05) is 53.0 Å². The zero-order valence-electron chi connectivity index (χ0n) is 25.5. The molecule has 0 aliphatic carbocycles. The van der Waals surface area contributed by atoms with Gasteiger partial charge in [-0.25, -0.2) is 18.2 Å². The predicted molar refractivity (Wildman–Crippen MR) is 168 cm³/mol. The van der Waals surface area contributed by atoms with E-state index in [4.69, 9.17) is 10.1 Å². The highest BCUT2D eigenvalue weighted by Crippen LogP contribution is 2.29. The molecule has 246 valence electrons. The van der Waals surface area contributed by atoms with Gasteiger partial charge < -0.3 is 29.6 Å². The zero-order chi connectivity index (χ0) is 32.6. The molecule has 3 aromatic rings. The number of fused-ring (bicyclic) bond motifs is 2. The lowest BCUT2D eigenvalue weighted by atomic mass is 10.1. The normalized spacial score (nSPS) is 20.7. The standard InChI is InChI=1S/C29H36N8O7S2/c1-17-11-22-23(15-31-17)45-27(33-22)28(39)37-6-5-36(16-20(37)14-25(38)35-7-9-44-10-8-35)46(41,42)24-13-18-3-4-19(12-21(18)32-24)26(30)34-29(40)43-2/h3-4,12-13,17,20,31-32H,5-11,14-16H2,1-2H3,(H2,30,34,40). The number of rotatable bonds is 6. The molecule has 0 radical (unpaired) electrons. The molecule has 3 aliphatic rings. The van der Waals surface area contributed by atoms with Gasteiger partial charge in [-0.2, -0.15) is 4.31 Å². The lowest BCUT2D eigenvalue weighted by Crippen LogP contribution is -2.58. The Morgan fingerprint density at radius 3 is 2.72 bits per heavy atom. The lowest BCUT2D eigenvalue weighted by Gasteiger charge is -2.41. The second kappa shape index (κ2) is 13.1. The van der Waals surface area contributed by atoms with Gasteiger partial charge in [-0.3, -0.25) is 20.3 Å². The first kappa shape index (κ1) is 32.1. The number of hydrogen-bond donors (Lipinski definition) is 4. The first-order valence-electron chi connectivity index (χ1n) is 15.0. The van der Waals surface area contributed by atoms with E-state index in [0.717, 1.165) is 17.0 Å². The Kier molecular flexibility index (Phi) is 9.11. The Balaban J connectivity index is 1.24. The minimum absolute atomic E-state index is 0.0349. The second-order valence-corrected chi connectivity index (χ2v) is 14.5. The zero-order valence-corrected chi connectivity index (χ0v) is 27.1. The maximum atomic E-state index is 13.9. The number of aromatic amines is 1. The van der Waals surface area contributed by atoms with Crippen LogP contribution in [0.15, 0.2) is 29.3 Å². The van der Waals surface area contributed by atoms with Crippen LogP contribution >= 0.6 is 11.3 Å². The number of hydrogen-bond acceptors (Lipinski definition) is 11. The largest absolute Gasteiger partial charge is 0.453 e. The summed E-state index contributed by atoms with van der Waals surface area (Å²) in [5.41, 5.74) is 1.71. The van der Waals surface area contributed by atoms with Crippen molar-refractivity contribution in [3.05, 3.63) is 45.4 Å². The van der Waals surface area contributed by atoms with Crippen LogP contribution < -0.4 is 10.6 Å². The molecule has 5 heterocycles. The first-order chi connectivity index (χ1) is 22.0. The number of carbonyl (C=O) groups is 3. The second-order valence-electron chi connectivity index (χ2n) is 11.5.